The molecular formula is C12H17FN2O3S. The molecule has 0 amide bonds. The van der Waals surface area contributed by atoms with Crippen LogP contribution in [0.3, 0.4) is 0 Å². The Balaban J connectivity index is 2.22. The molecule has 1 aromatic rings. The Bertz CT molecular complexity index is 562. The van der Waals surface area contributed by atoms with Crippen LogP contribution in [0.15, 0.2) is 23.1 Å². The number of nitrogen functional groups attached to an aromatic ring is 1. The number of hydrogen-bond donors (Lipinski definition) is 3. The lowest BCUT2D eigenvalue weighted by atomic mass is 9.93. The molecule has 0 saturated heterocycles. The highest BCUT2D eigenvalue weighted by molar-refractivity contribution is 7.89. The molecule has 0 aliphatic heterocycles. The number of sulfonamides is 1. The number of aliphatic hydroxyl groups is 1. The summed E-state index contributed by atoms with van der Waals surface area (Å²) in [7, 11) is -3.84. The first-order chi connectivity index (χ1) is 8.90. The molecule has 0 bridgehead atoms. The van der Waals surface area contributed by atoms with Crippen LogP contribution in [-0.2, 0) is 10.0 Å². The van der Waals surface area contributed by atoms with E-state index in [1.807, 2.05) is 0 Å². The quantitative estimate of drug-likeness (QED) is 0.723. The number of nitrogens with one attached hydrogen (secondary N) is 1. The molecule has 0 heterocycles. The Morgan fingerprint density at radius 2 is 2.00 bits per heavy atom. The molecule has 2 rings (SSSR count). The summed E-state index contributed by atoms with van der Waals surface area (Å²) in [5, 5.41) is 9.77. The van der Waals surface area contributed by atoms with Crippen LogP contribution in [0.5, 0.6) is 0 Å². The van der Waals surface area contributed by atoms with E-state index in [0.29, 0.717) is 12.8 Å². The topological polar surface area (TPSA) is 92.4 Å². The first-order valence-electron chi connectivity index (χ1n) is 6.15. The molecule has 1 aliphatic rings. The number of nitrogens with two attached hydrogens (primary N) is 1. The second-order valence-corrected chi connectivity index (χ2v) is 6.44. The van der Waals surface area contributed by atoms with E-state index < -0.39 is 28.0 Å². The van der Waals surface area contributed by atoms with E-state index in [0.717, 1.165) is 31.0 Å². The highest BCUT2D eigenvalue weighted by Crippen LogP contribution is 2.23. The molecular weight excluding hydrogens is 271 g/mol. The van der Waals surface area contributed by atoms with Gasteiger partial charge in [-0.15, -0.1) is 0 Å². The lowest BCUT2D eigenvalue weighted by Crippen LogP contribution is -2.45. The van der Waals surface area contributed by atoms with Crippen molar-refractivity contribution in [3.63, 3.8) is 0 Å². The van der Waals surface area contributed by atoms with Crippen LogP contribution in [-0.4, -0.2) is 25.7 Å². The molecule has 7 heteroatoms. The first-order valence-corrected chi connectivity index (χ1v) is 7.64. The molecule has 1 saturated carbocycles. The molecule has 0 spiro atoms. The Morgan fingerprint density at radius 3 is 2.63 bits per heavy atom. The predicted octanol–water partition coefficient (Wildman–Crippen LogP) is 0.990. The van der Waals surface area contributed by atoms with Gasteiger partial charge >= 0.3 is 0 Å². The van der Waals surface area contributed by atoms with Crippen molar-refractivity contribution >= 4 is 15.7 Å². The third-order valence-electron chi connectivity index (χ3n) is 3.30. The first kappa shape index (κ1) is 14.2. The monoisotopic (exact) mass is 288 g/mol. The fourth-order valence-corrected chi connectivity index (χ4v) is 3.69. The normalized spacial score (nSPS) is 24.3. The van der Waals surface area contributed by atoms with Gasteiger partial charge in [0.05, 0.1) is 11.8 Å². The van der Waals surface area contributed by atoms with E-state index in [2.05, 4.69) is 4.72 Å². The minimum atomic E-state index is -3.84. The summed E-state index contributed by atoms with van der Waals surface area (Å²) in [6.07, 6.45) is 2.22. The molecule has 106 valence electrons. The van der Waals surface area contributed by atoms with Gasteiger partial charge < -0.3 is 10.8 Å². The van der Waals surface area contributed by atoms with E-state index in [-0.39, 0.29) is 10.6 Å². The van der Waals surface area contributed by atoms with E-state index in [4.69, 9.17) is 5.73 Å². The number of hydrogen-bond acceptors (Lipinski definition) is 4. The van der Waals surface area contributed by atoms with Gasteiger partial charge in [0.1, 0.15) is 10.7 Å². The van der Waals surface area contributed by atoms with Crippen LogP contribution in [0, 0.1) is 5.82 Å². The van der Waals surface area contributed by atoms with Crippen LogP contribution in [0.25, 0.3) is 0 Å². The Labute approximate surface area is 111 Å². The number of anilines is 1. The van der Waals surface area contributed by atoms with Crippen molar-refractivity contribution in [3.05, 3.63) is 24.0 Å². The van der Waals surface area contributed by atoms with Crippen molar-refractivity contribution in [2.45, 2.75) is 42.7 Å². The van der Waals surface area contributed by atoms with E-state index in [1.54, 1.807) is 0 Å². The summed E-state index contributed by atoms with van der Waals surface area (Å²) < 4.78 is 39.7. The second kappa shape index (κ2) is 5.44. The molecule has 1 fully saturated rings. The smallest absolute Gasteiger partial charge is 0.242 e. The summed E-state index contributed by atoms with van der Waals surface area (Å²) in [6.45, 7) is 0. The van der Waals surface area contributed by atoms with Gasteiger partial charge in [0.15, 0.2) is 0 Å². The predicted molar refractivity (Wildman–Crippen MR) is 69.4 cm³/mol. The number of aliphatic hydroxyl groups excluding tert-OH is 1. The average molecular weight is 288 g/mol. The third kappa shape index (κ3) is 3.23. The molecule has 1 aromatic carbocycles. The van der Waals surface area contributed by atoms with Crippen molar-refractivity contribution in [2.24, 2.45) is 0 Å². The summed E-state index contributed by atoms with van der Waals surface area (Å²) in [5.74, 6) is -0.589. The van der Waals surface area contributed by atoms with Crippen LogP contribution >= 0.6 is 0 Å². The minimum Gasteiger partial charge on any atom is -0.398 e. The van der Waals surface area contributed by atoms with E-state index >= 15 is 0 Å². The van der Waals surface area contributed by atoms with Crippen LogP contribution in [0.2, 0.25) is 0 Å². The zero-order chi connectivity index (χ0) is 14.0. The maximum absolute atomic E-state index is 12.9. The number of rotatable bonds is 3. The molecule has 2 atom stereocenters. The lowest BCUT2D eigenvalue weighted by molar-refractivity contribution is 0.101. The summed E-state index contributed by atoms with van der Waals surface area (Å²) in [5.41, 5.74) is 5.38. The minimum absolute atomic E-state index is 0.141. The van der Waals surface area contributed by atoms with E-state index in [1.165, 1.54) is 0 Å². The Hall–Kier alpha value is -1.18. The maximum Gasteiger partial charge on any atom is 0.242 e. The second-order valence-electron chi connectivity index (χ2n) is 4.76. The van der Waals surface area contributed by atoms with Crippen molar-refractivity contribution in [1.82, 2.24) is 4.72 Å². The van der Waals surface area contributed by atoms with Crippen LogP contribution in [0.1, 0.15) is 25.7 Å². The largest absolute Gasteiger partial charge is 0.398 e. The molecule has 5 nitrogen and oxygen atoms in total. The van der Waals surface area contributed by atoms with Gasteiger partial charge in [0, 0.05) is 6.04 Å². The Kier molecular flexibility index (Phi) is 4.07. The fraction of sp³-hybridized carbons (Fsp3) is 0.500. The standard InChI is InChI=1S/C12H17FN2O3S/c13-8-5-6-12(9(14)7-8)19(17,18)15-10-3-1-2-4-11(10)16/h5-7,10-11,15-16H,1-4,14H2/t10-,11-/m1/s1. The van der Waals surface area contributed by atoms with Gasteiger partial charge in [-0.3, -0.25) is 0 Å². The highest BCUT2D eigenvalue weighted by Gasteiger charge is 2.29. The van der Waals surface area contributed by atoms with Gasteiger partial charge in [0.2, 0.25) is 10.0 Å². The van der Waals surface area contributed by atoms with Gasteiger partial charge in [0.25, 0.3) is 0 Å². The van der Waals surface area contributed by atoms with Gasteiger partial charge in [-0.05, 0) is 31.0 Å². The number of halogens is 1. The molecule has 1 aliphatic carbocycles. The molecule has 19 heavy (non-hydrogen) atoms. The average Bonchev–Trinajstić information content (AvgIpc) is 2.31. The van der Waals surface area contributed by atoms with Crippen molar-refractivity contribution in [2.75, 3.05) is 5.73 Å². The molecule has 0 radical (unpaired) electrons. The van der Waals surface area contributed by atoms with Gasteiger partial charge in [-0.1, -0.05) is 12.8 Å². The zero-order valence-corrected chi connectivity index (χ0v) is 11.2. The molecule has 0 aromatic heterocycles. The molecule has 4 N–H and O–H groups in total. The zero-order valence-electron chi connectivity index (χ0n) is 10.3. The van der Waals surface area contributed by atoms with Crippen molar-refractivity contribution < 1.29 is 17.9 Å². The third-order valence-corrected chi connectivity index (χ3v) is 4.86. The summed E-state index contributed by atoms with van der Waals surface area (Å²) in [4.78, 5) is -0.160. The van der Waals surface area contributed by atoms with E-state index in [9.17, 15) is 17.9 Å². The van der Waals surface area contributed by atoms with Gasteiger partial charge in [-0.25, -0.2) is 17.5 Å². The fourth-order valence-electron chi connectivity index (χ4n) is 2.28. The lowest BCUT2D eigenvalue weighted by Gasteiger charge is -2.28. The highest BCUT2D eigenvalue weighted by atomic mass is 32.2. The maximum atomic E-state index is 12.9. The summed E-state index contributed by atoms with van der Waals surface area (Å²) in [6, 6.07) is 2.62. The number of benzene rings is 1. The van der Waals surface area contributed by atoms with Gasteiger partial charge in [-0.2, -0.15) is 0 Å². The molecule has 0 unspecified atom stereocenters. The van der Waals surface area contributed by atoms with Crippen molar-refractivity contribution in [1.29, 1.82) is 0 Å². The Morgan fingerprint density at radius 1 is 1.32 bits per heavy atom. The van der Waals surface area contributed by atoms with Crippen LogP contribution < -0.4 is 10.5 Å². The SMILES string of the molecule is Nc1cc(F)ccc1S(=O)(=O)N[C@@H]1CCCC[C@H]1O. The summed E-state index contributed by atoms with van der Waals surface area (Å²) >= 11 is 0. The van der Waals surface area contributed by atoms with Crippen molar-refractivity contribution in [3.8, 4) is 0 Å². The van der Waals surface area contributed by atoms with Crippen LogP contribution in [0.4, 0.5) is 10.1 Å².